The third-order valence-corrected chi connectivity index (χ3v) is 1.81. The number of hydrogen-bond acceptors (Lipinski definition) is 3. The molecule has 6 heteroatoms. The van der Waals surface area contributed by atoms with Crippen molar-refractivity contribution < 1.29 is 0 Å². The van der Waals surface area contributed by atoms with Crippen molar-refractivity contribution in [3.63, 3.8) is 0 Å². The van der Waals surface area contributed by atoms with E-state index in [0.29, 0.717) is 11.2 Å². The zero-order chi connectivity index (χ0) is 8.72. The van der Waals surface area contributed by atoms with Gasteiger partial charge in [-0.3, -0.25) is 9.55 Å². The minimum absolute atomic E-state index is 0.129. The Balaban J connectivity index is 2.96. The molecule has 0 unspecified atom stereocenters. The van der Waals surface area contributed by atoms with E-state index in [1.807, 2.05) is 0 Å². The fourth-order valence-corrected chi connectivity index (χ4v) is 1.12. The molecule has 5 nitrogen and oxygen atoms in total. The average molecular weight is 185 g/mol. The molecule has 0 bridgehead atoms. The highest BCUT2D eigenvalue weighted by atomic mass is 35.5. The third-order valence-electron chi connectivity index (χ3n) is 1.63. The summed E-state index contributed by atoms with van der Waals surface area (Å²) >= 11 is 5.53. The molecule has 1 N–H and O–H groups in total. The summed E-state index contributed by atoms with van der Waals surface area (Å²) < 4.78 is 1.42. The van der Waals surface area contributed by atoms with Crippen LogP contribution in [0.4, 0.5) is 0 Å². The molecule has 0 aliphatic carbocycles. The largest absolute Gasteiger partial charge is 0.327 e. The number of nitrogens with one attached hydrogen (secondary N) is 1. The summed E-state index contributed by atoms with van der Waals surface area (Å²) in [7, 11) is 1.64. The molecule has 2 aromatic rings. The lowest BCUT2D eigenvalue weighted by molar-refractivity contribution is 0.890. The second kappa shape index (κ2) is 2.31. The van der Waals surface area contributed by atoms with Crippen LogP contribution in [0.1, 0.15) is 0 Å². The quantitative estimate of drug-likeness (QED) is 0.600. The zero-order valence-electron chi connectivity index (χ0n) is 6.21. The maximum Gasteiger partial charge on any atom is 0.327 e. The van der Waals surface area contributed by atoms with Crippen LogP contribution in [-0.2, 0) is 7.05 Å². The molecule has 0 spiro atoms. The highest BCUT2D eigenvalue weighted by molar-refractivity contribution is 6.28. The number of rotatable bonds is 0. The van der Waals surface area contributed by atoms with Gasteiger partial charge in [-0.15, -0.1) is 0 Å². The van der Waals surface area contributed by atoms with Crippen LogP contribution < -0.4 is 5.69 Å². The molecule has 0 amide bonds. The summed E-state index contributed by atoms with van der Waals surface area (Å²) in [6.45, 7) is 0. The van der Waals surface area contributed by atoms with E-state index < -0.39 is 0 Å². The molecule has 0 radical (unpaired) electrons. The van der Waals surface area contributed by atoms with Crippen molar-refractivity contribution in [3.8, 4) is 0 Å². The Hall–Kier alpha value is -1.36. The Bertz CT molecular complexity index is 486. The van der Waals surface area contributed by atoms with E-state index in [1.54, 1.807) is 7.05 Å². The monoisotopic (exact) mass is 184 g/mol. The maximum absolute atomic E-state index is 11.0. The zero-order valence-corrected chi connectivity index (χ0v) is 6.96. The first-order chi connectivity index (χ1) is 5.68. The lowest BCUT2D eigenvalue weighted by Gasteiger charge is -1.90. The first-order valence-corrected chi connectivity index (χ1v) is 3.63. The average Bonchev–Trinajstić information content (AvgIpc) is 2.28. The molecule has 0 aromatic carbocycles. The molecule has 12 heavy (non-hydrogen) atoms. The van der Waals surface area contributed by atoms with E-state index in [-0.39, 0.29) is 11.0 Å². The van der Waals surface area contributed by atoms with E-state index in [2.05, 4.69) is 15.0 Å². The van der Waals surface area contributed by atoms with Crippen molar-refractivity contribution in [1.82, 2.24) is 19.5 Å². The Morgan fingerprint density at radius 3 is 3.17 bits per heavy atom. The molecule has 0 atom stereocenters. The predicted molar refractivity (Wildman–Crippen MR) is 44.1 cm³/mol. The van der Waals surface area contributed by atoms with Crippen molar-refractivity contribution in [2.45, 2.75) is 0 Å². The maximum atomic E-state index is 11.0. The Kier molecular flexibility index (Phi) is 1.41. The molecule has 62 valence electrons. The number of nitrogens with zero attached hydrogens (tertiary/aromatic N) is 3. The van der Waals surface area contributed by atoms with Gasteiger partial charge >= 0.3 is 5.69 Å². The van der Waals surface area contributed by atoms with E-state index in [4.69, 9.17) is 11.6 Å². The Morgan fingerprint density at radius 2 is 2.42 bits per heavy atom. The number of hydrogen-bond donors (Lipinski definition) is 1. The van der Waals surface area contributed by atoms with Crippen molar-refractivity contribution in [1.29, 1.82) is 0 Å². The smallest absolute Gasteiger partial charge is 0.292 e. The predicted octanol–water partition coefficient (Wildman–Crippen LogP) is 0.310. The van der Waals surface area contributed by atoms with Gasteiger partial charge in [-0.2, -0.15) is 4.98 Å². The summed E-state index contributed by atoms with van der Waals surface area (Å²) in [6.07, 6.45) is 1.50. The van der Waals surface area contributed by atoms with E-state index in [0.717, 1.165) is 0 Å². The molecule has 0 aliphatic rings. The van der Waals surface area contributed by atoms with Crippen LogP contribution in [0.25, 0.3) is 11.2 Å². The number of fused-ring (bicyclic) bond motifs is 1. The van der Waals surface area contributed by atoms with Gasteiger partial charge in [-0.25, -0.2) is 9.78 Å². The first kappa shape index (κ1) is 7.30. The summed E-state index contributed by atoms with van der Waals surface area (Å²) in [5.74, 6) is 0. The number of aromatic nitrogens is 4. The molecule has 2 aromatic heterocycles. The summed E-state index contributed by atoms with van der Waals surface area (Å²) in [4.78, 5) is 21.2. The first-order valence-electron chi connectivity index (χ1n) is 3.26. The second-order valence-electron chi connectivity index (χ2n) is 2.36. The molecule has 0 fully saturated rings. The normalized spacial score (nSPS) is 10.8. The van der Waals surface area contributed by atoms with Gasteiger partial charge in [0, 0.05) is 7.05 Å². The topological polar surface area (TPSA) is 63.6 Å². The van der Waals surface area contributed by atoms with Gasteiger partial charge in [-0.1, -0.05) is 0 Å². The molecule has 2 rings (SSSR count). The van der Waals surface area contributed by atoms with Gasteiger partial charge in [0.05, 0.1) is 6.20 Å². The number of halogens is 1. The molecule has 0 saturated heterocycles. The van der Waals surface area contributed by atoms with Crippen LogP contribution >= 0.6 is 11.6 Å². The molecule has 0 aliphatic heterocycles. The molecular formula is C6H5ClN4O. The van der Waals surface area contributed by atoms with Crippen LogP contribution in [0.3, 0.4) is 0 Å². The van der Waals surface area contributed by atoms with Gasteiger partial charge in [0.25, 0.3) is 0 Å². The standard InChI is InChI=1S/C6H5ClN4O/c1-11-3-2-8-5(7)9-4(3)10-6(11)12/h2H,1H3,(H,8,9,10,12). The van der Waals surface area contributed by atoms with E-state index in [9.17, 15) is 4.79 Å². The lowest BCUT2D eigenvalue weighted by Crippen LogP contribution is -2.11. The number of aryl methyl sites for hydroxylation is 1. The van der Waals surface area contributed by atoms with Gasteiger partial charge < -0.3 is 0 Å². The Morgan fingerprint density at radius 1 is 1.67 bits per heavy atom. The van der Waals surface area contributed by atoms with Crippen LogP contribution in [0, 0.1) is 0 Å². The fourth-order valence-electron chi connectivity index (χ4n) is 0.986. The van der Waals surface area contributed by atoms with Gasteiger partial charge in [0.2, 0.25) is 5.28 Å². The number of imidazole rings is 1. The molecular weight excluding hydrogens is 180 g/mol. The van der Waals surface area contributed by atoms with Crippen molar-refractivity contribution in [2.75, 3.05) is 0 Å². The van der Waals surface area contributed by atoms with Gasteiger partial charge in [0.1, 0.15) is 5.52 Å². The van der Waals surface area contributed by atoms with Crippen LogP contribution in [0.2, 0.25) is 5.28 Å². The van der Waals surface area contributed by atoms with Crippen molar-refractivity contribution >= 4 is 22.8 Å². The number of aromatic amines is 1. The van der Waals surface area contributed by atoms with Gasteiger partial charge in [0.15, 0.2) is 5.65 Å². The number of H-pyrrole nitrogens is 1. The second-order valence-corrected chi connectivity index (χ2v) is 2.70. The van der Waals surface area contributed by atoms with Crippen LogP contribution in [-0.4, -0.2) is 19.5 Å². The summed E-state index contributed by atoms with van der Waals surface area (Å²) in [5.41, 5.74) is 0.883. The highest BCUT2D eigenvalue weighted by Gasteiger charge is 2.04. The third kappa shape index (κ3) is 0.902. The minimum atomic E-state index is -0.221. The van der Waals surface area contributed by atoms with Crippen LogP contribution in [0.15, 0.2) is 11.0 Å². The summed E-state index contributed by atoms with van der Waals surface area (Å²) in [6, 6.07) is 0. The van der Waals surface area contributed by atoms with Crippen molar-refractivity contribution in [2.24, 2.45) is 7.05 Å². The van der Waals surface area contributed by atoms with E-state index >= 15 is 0 Å². The lowest BCUT2D eigenvalue weighted by atomic mass is 10.5. The van der Waals surface area contributed by atoms with Gasteiger partial charge in [-0.05, 0) is 11.6 Å². The fraction of sp³-hybridized carbons (Fsp3) is 0.167. The van der Waals surface area contributed by atoms with Crippen molar-refractivity contribution in [3.05, 3.63) is 22.0 Å². The minimum Gasteiger partial charge on any atom is -0.292 e. The van der Waals surface area contributed by atoms with Crippen LogP contribution in [0.5, 0.6) is 0 Å². The Labute approximate surface area is 72.0 Å². The summed E-state index contributed by atoms with van der Waals surface area (Å²) in [5, 5.41) is 0.129. The van der Waals surface area contributed by atoms with E-state index in [1.165, 1.54) is 10.8 Å². The SMILES string of the molecule is Cn1c(=O)[nH]c2nc(Cl)ncc21. The highest BCUT2D eigenvalue weighted by Crippen LogP contribution is 2.06. The molecule has 2 heterocycles. The molecule has 0 saturated carbocycles.